The first-order valence-corrected chi connectivity index (χ1v) is 5.63. The summed E-state index contributed by atoms with van der Waals surface area (Å²) in [5, 5.41) is 8.53. The van der Waals surface area contributed by atoms with E-state index in [1.165, 1.54) is 0 Å². The number of hydrogen-bond acceptors (Lipinski definition) is 1. The number of alkyl halides is 4. The van der Waals surface area contributed by atoms with Crippen molar-refractivity contribution in [3.8, 4) is 0 Å². The van der Waals surface area contributed by atoms with Crippen LogP contribution in [-0.4, -0.2) is 22.3 Å². The molecular formula is C12H14ClF3O. The van der Waals surface area contributed by atoms with E-state index in [0.717, 1.165) is 12.5 Å². The molecule has 0 saturated heterocycles. The maximum atomic E-state index is 12.4. The molecule has 0 aliphatic rings. The van der Waals surface area contributed by atoms with Gasteiger partial charge >= 0.3 is 6.18 Å². The highest BCUT2D eigenvalue weighted by atomic mass is 35.5. The first kappa shape index (κ1) is 14.3. The topological polar surface area (TPSA) is 20.2 Å². The van der Waals surface area contributed by atoms with E-state index in [9.17, 15) is 18.3 Å². The predicted octanol–water partition coefficient (Wildman–Crippen LogP) is 3.54. The molecule has 2 unspecified atom stereocenters. The molecule has 0 radical (unpaired) electrons. The van der Waals surface area contributed by atoms with Crippen molar-refractivity contribution in [1.29, 1.82) is 0 Å². The fourth-order valence-electron chi connectivity index (χ4n) is 1.49. The van der Waals surface area contributed by atoms with Gasteiger partial charge in [-0.1, -0.05) is 30.3 Å². The molecular weight excluding hydrogens is 253 g/mol. The molecule has 5 heteroatoms. The second-order valence-electron chi connectivity index (χ2n) is 4.26. The lowest BCUT2D eigenvalue weighted by Crippen LogP contribution is -2.44. The van der Waals surface area contributed by atoms with Gasteiger partial charge in [-0.3, -0.25) is 0 Å². The lowest BCUT2D eigenvalue weighted by atomic mass is 9.96. The minimum Gasteiger partial charge on any atom is -0.381 e. The van der Waals surface area contributed by atoms with Gasteiger partial charge in [-0.15, -0.1) is 11.6 Å². The van der Waals surface area contributed by atoms with Crippen LogP contribution in [0.5, 0.6) is 0 Å². The van der Waals surface area contributed by atoms with Gasteiger partial charge in [0.1, 0.15) is 0 Å². The Balaban J connectivity index is 2.59. The number of hydrogen-bond donors (Lipinski definition) is 1. The molecule has 0 bridgehead atoms. The Labute approximate surface area is 103 Å². The van der Waals surface area contributed by atoms with Crippen LogP contribution in [0.15, 0.2) is 30.3 Å². The van der Waals surface area contributed by atoms with Gasteiger partial charge in [0.25, 0.3) is 0 Å². The minimum atomic E-state index is -4.66. The quantitative estimate of drug-likeness (QED) is 0.827. The van der Waals surface area contributed by atoms with E-state index in [1.54, 1.807) is 24.3 Å². The largest absolute Gasteiger partial charge is 0.416 e. The van der Waals surface area contributed by atoms with Crippen LogP contribution in [0.3, 0.4) is 0 Å². The molecule has 0 spiro atoms. The molecule has 96 valence electrons. The van der Waals surface area contributed by atoms with Crippen molar-refractivity contribution in [3.63, 3.8) is 0 Å². The van der Waals surface area contributed by atoms with Crippen molar-refractivity contribution in [3.05, 3.63) is 35.9 Å². The lowest BCUT2D eigenvalue weighted by molar-refractivity contribution is -0.254. The molecule has 2 atom stereocenters. The monoisotopic (exact) mass is 266 g/mol. The van der Waals surface area contributed by atoms with E-state index >= 15 is 0 Å². The molecule has 0 aliphatic carbocycles. The normalized spacial score (nSPS) is 17.5. The maximum absolute atomic E-state index is 12.4. The van der Waals surface area contributed by atoms with E-state index in [0.29, 0.717) is 6.42 Å². The van der Waals surface area contributed by atoms with Crippen LogP contribution in [0.4, 0.5) is 13.2 Å². The Kier molecular flexibility index (Phi) is 4.44. The summed E-state index contributed by atoms with van der Waals surface area (Å²) >= 11 is 5.85. The molecule has 1 N–H and O–H groups in total. The Morgan fingerprint density at radius 3 is 2.24 bits per heavy atom. The van der Waals surface area contributed by atoms with Gasteiger partial charge in [0.2, 0.25) is 0 Å². The Hall–Kier alpha value is -0.740. The molecule has 0 fully saturated rings. The third-order valence-corrected chi connectivity index (χ3v) is 2.84. The third-order valence-electron chi connectivity index (χ3n) is 2.53. The van der Waals surface area contributed by atoms with Crippen LogP contribution < -0.4 is 0 Å². The summed E-state index contributed by atoms with van der Waals surface area (Å²) in [7, 11) is 0. The third kappa shape index (κ3) is 4.21. The summed E-state index contributed by atoms with van der Waals surface area (Å²) in [4.78, 5) is 0. The molecule has 17 heavy (non-hydrogen) atoms. The zero-order valence-corrected chi connectivity index (χ0v) is 10.1. The highest BCUT2D eigenvalue weighted by Crippen LogP contribution is 2.35. The second kappa shape index (κ2) is 5.27. The first-order chi connectivity index (χ1) is 7.72. The van der Waals surface area contributed by atoms with E-state index in [1.807, 2.05) is 6.07 Å². The van der Waals surface area contributed by atoms with Gasteiger partial charge in [-0.25, -0.2) is 0 Å². The van der Waals surface area contributed by atoms with Crippen LogP contribution in [0.25, 0.3) is 0 Å². The number of halogens is 4. The first-order valence-electron chi connectivity index (χ1n) is 5.19. The fraction of sp³-hybridized carbons (Fsp3) is 0.500. The van der Waals surface area contributed by atoms with Crippen LogP contribution in [0.1, 0.15) is 18.9 Å². The summed E-state index contributed by atoms with van der Waals surface area (Å²) in [6.07, 6.45) is -4.88. The van der Waals surface area contributed by atoms with Crippen LogP contribution in [0.2, 0.25) is 0 Å². The zero-order chi connectivity index (χ0) is 13.1. The second-order valence-corrected chi connectivity index (χ2v) is 4.88. The molecule has 0 saturated carbocycles. The van der Waals surface area contributed by atoms with E-state index < -0.39 is 23.6 Å². The van der Waals surface area contributed by atoms with Gasteiger partial charge in [0, 0.05) is 11.8 Å². The zero-order valence-electron chi connectivity index (χ0n) is 9.34. The Morgan fingerprint density at radius 1 is 1.24 bits per heavy atom. The average Bonchev–Trinajstić information content (AvgIpc) is 2.16. The Morgan fingerprint density at radius 2 is 1.76 bits per heavy atom. The van der Waals surface area contributed by atoms with Crippen molar-refractivity contribution in [1.82, 2.24) is 0 Å². The minimum absolute atomic E-state index is 0.300. The average molecular weight is 267 g/mol. The summed E-state index contributed by atoms with van der Waals surface area (Å²) in [6.45, 7) is 0.743. The summed E-state index contributed by atoms with van der Waals surface area (Å²) in [5.41, 5.74) is -1.89. The molecule has 1 rings (SSSR count). The van der Waals surface area contributed by atoms with E-state index in [4.69, 9.17) is 11.6 Å². The van der Waals surface area contributed by atoms with Gasteiger partial charge in [-0.2, -0.15) is 13.2 Å². The van der Waals surface area contributed by atoms with Crippen molar-refractivity contribution in [2.45, 2.75) is 36.9 Å². The van der Waals surface area contributed by atoms with E-state index in [2.05, 4.69) is 0 Å². The van der Waals surface area contributed by atoms with Crippen molar-refractivity contribution in [2.24, 2.45) is 0 Å². The van der Waals surface area contributed by atoms with E-state index in [-0.39, 0.29) is 0 Å². The summed E-state index contributed by atoms with van der Waals surface area (Å²) < 4.78 is 37.3. The molecule has 1 nitrogen and oxygen atoms in total. The lowest BCUT2D eigenvalue weighted by Gasteiger charge is -2.28. The smallest absolute Gasteiger partial charge is 0.381 e. The van der Waals surface area contributed by atoms with Crippen molar-refractivity contribution in [2.75, 3.05) is 0 Å². The SMILES string of the molecule is CC(O)(CC(Cl)Cc1ccccc1)C(F)(F)F. The van der Waals surface area contributed by atoms with Gasteiger partial charge in [0.05, 0.1) is 0 Å². The standard InChI is InChI=1S/C12H14ClF3O/c1-11(17,12(14,15)16)8-10(13)7-9-5-3-2-4-6-9/h2-6,10,17H,7-8H2,1H3. The maximum Gasteiger partial charge on any atom is 0.416 e. The highest BCUT2D eigenvalue weighted by Gasteiger charge is 2.50. The molecule has 0 amide bonds. The predicted molar refractivity (Wildman–Crippen MR) is 61.1 cm³/mol. The van der Waals surface area contributed by atoms with Gasteiger partial charge in [-0.05, 0) is 18.9 Å². The molecule has 0 heterocycles. The number of rotatable bonds is 4. The number of benzene rings is 1. The summed E-state index contributed by atoms with van der Waals surface area (Å²) in [6, 6.07) is 8.98. The van der Waals surface area contributed by atoms with Crippen LogP contribution in [-0.2, 0) is 6.42 Å². The van der Waals surface area contributed by atoms with Crippen LogP contribution >= 0.6 is 11.6 Å². The Bertz CT molecular complexity index is 349. The van der Waals surface area contributed by atoms with Crippen molar-refractivity contribution >= 4 is 11.6 Å². The fourth-order valence-corrected chi connectivity index (χ4v) is 1.97. The molecule has 0 aromatic heterocycles. The van der Waals surface area contributed by atoms with Crippen LogP contribution in [0, 0.1) is 0 Å². The summed E-state index contributed by atoms with van der Waals surface area (Å²) in [5.74, 6) is 0. The highest BCUT2D eigenvalue weighted by molar-refractivity contribution is 6.20. The van der Waals surface area contributed by atoms with Gasteiger partial charge < -0.3 is 5.11 Å². The molecule has 1 aromatic rings. The molecule has 1 aromatic carbocycles. The van der Waals surface area contributed by atoms with Crippen molar-refractivity contribution < 1.29 is 18.3 Å². The number of aliphatic hydroxyl groups is 1. The molecule has 0 aliphatic heterocycles. The van der Waals surface area contributed by atoms with Gasteiger partial charge in [0.15, 0.2) is 5.60 Å².